The summed E-state index contributed by atoms with van der Waals surface area (Å²) in [6, 6.07) is 0. The Labute approximate surface area is 187 Å². The number of amides is 2. The number of thiazole rings is 1. The van der Waals surface area contributed by atoms with Crippen LogP contribution in [0.15, 0.2) is 6.20 Å². The van der Waals surface area contributed by atoms with Gasteiger partial charge in [0.2, 0.25) is 11.8 Å². The highest BCUT2D eigenvalue weighted by atomic mass is 32.1. The van der Waals surface area contributed by atoms with E-state index in [4.69, 9.17) is 4.98 Å². The Morgan fingerprint density at radius 3 is 2.74 bits per heavy atom. The van der Waals surface area contributed by atoms with E-state index in [0.717, 1.165) is 80.5 Å². The first-order chi connectivity index (χ1) is 14.9. The zero-order valence-corrected chi connectivity index (χ0v) is 19.5. The quantitative estimate of drug-likeness (QED) is 0.738. The molecule has 4 rings (SSSR count). The summed E-state index contributed by atoms with van der Waals surface area (Å²) in [6.45, 7) is 10.3. The van der Waals surface area contributed by atoms with Crippen molar-refractivity contribution in [1.82, 2.24) is 25.0 Å². The fourth-order valence-corrected chi connectivity index (χ4v) is 5.57. The number of aromatic nitrogens is 3. The molecule has 1 aliphatic heterocycles. The van der Waals surface area contributed by atoms with Crippen LogP contribution < -0.4 is 10.2 Å². The van der Waals surface area contributed by atoms with Crippen molar-refractivity contribution in [2.45, 2.75) is 59.5 Å². The third-order valence-corrected chi connectivity index (χ3v) is 7.43. The molecule has 1 aliphatic carbocycles. The summed E-state index contributed by atoms with van der Waals surface area (Å²) < 4.78 is 1.96. The van der Waals surface area contributed by atoms with Gasteiger partial charge in [-0.25, -0.2) is 4.98 Å². The molecular formula is C22H32N6O2S. The Kier molecular flexibility index (Phi) is 6.60. The average Bonchev–Trinajstić information content (AvgIpc) is 3.34. The van der Waals surface area contributed by atoms with Crippen molar-refractivity contribution in [2.24, 2.45) is 5.92 Å². The molecule has 2 aromatic rings. The molecule has 8 nitrogen and oxygen atoms in total. The van der Waals surface area contributed by atoms with Gasteiger partial charge in [0.1, 0.15) is 0 Å². The number of rotatable bonds is 6. The van der Waals surface area contributed by atoms with Gasteiger partial charge in [0.05, 0.1) is 11.4 Å². The molecule has 168 valence electrons. The van der Waals surface area contributed by atoms with E-state index in [1.54, 1.807) is 18.3 Å². The van der Waals surface area contributed by atoms with Gasteiger partial charge in [0.25, 0.3) is 0 Å². The second-order valence-electron chi connectivity index (χ2n) is 8.52. The second-order valence-corrected chi connectivity index (χ2v) is 9.58. The van der Waals surface area contributed by atoms with Crippen LogP contribution in [0.3, 0.4) is 0 Å². The van der Waals surface area contributed by atoms with E-state index >= 15 is 0 Å². The van der Waals surface area contributed by atoms with E-state index in [0.29, 0.717) is 6.54 Å². The lowest BCUT2D eigenvalue weighted by Crippen LogP contribution is -2.48. The molecule has 1 saturated heterocycles. The Bertz CT molecular complexity index is 944. The van der Waals surface area contributed by atoms with Crippen LogP contribution in [0.25, 0.3) is 0 Å². The highest BCUT2D eigenvalue weighted by molar-refractivity contribution is 7.15. The van der Waals surface area contributed by atoms with E-state index < -0.39 is 0 Å². The standard InChI is InChI=1S/C22H32N6O2S/c1-4-7-28-14-18(15(2)25-28)13-23-21(30)17-5-6-19-20(12-17)31-22(24-19)27-10-8-26(9-11-27)16(3)29/h14,17H,4-13H2,1-3H3,(H,23,30)/t17-/m1/s1. The smallest absolute Gasteiger partial charge is 0.223 e. The molecule has 1 N–H and O–H groups in total. The minimum atomic E-state index is 0.00125. The summed E-state index contributed by atoms with van der Waals surface area (Å²) in [5, 5.41) is 8.68. The van der Waals surface area contributed by atoms with E-state index in [1.807, 2.05) is 22.7 Å². The number of carbonyl (C=O) groups is 2. The molecule has 2 aromatic heterocycles. The summed E-state index contributed by atoms with van der Waals surface area (Å²) >= 11 is 1.72. The molecule has 31 heavy (non-hydrogen) atoms. The number of carbonyl (C=O) groups excluding carboxylic acids is 2. The molecule has 0 radical (unpaired) electrons. The van der Waals surface area contributed by atoms with Crippen molar-refractivity contribution in [3.8, 4) is 0 Å². The van der Waals surface area contributed by atoms with Crippen LogP contribution in [0.5, 0.6) is 0 Å². The maximum Gasteiger partial charge on any atom is 0.223 e. The van der Waals surface area contributed by atoms with Crippen LogP contribution in [-0.4, -0.2) is 57.7 Å². The van der Waals surface area contributed by atoms with Gasteiger partial charge in [0.15, 0.2) is 5.13 Å². The molecule has 2 amide bonds. The monoisotopic (exact) mass is 444 g/mol. The lowest BCUT2D eigenvalue weighted by atomic mass is 9.90. The van der Waals surface area contributed by atoms with Gasteiger partial charge in [0, 0.05) is 68.7 Å². The number of fused-ring (bicyclic) bond motifs is 1. The van der Waals surface area contributed by atoms with Crippen LogP contribution in [0.2, 0.25) is 0 Å². The van der Waals surface area contributed by atoms with Crippen molar-refractivity contribution in [3.63, 3.8) is 0 Å². The zero-order valence-electron chi connectivity index (χ0n) is 18.7. The number of hydrogen-bond acceptors (Lipinski definition) is 6. The molecule has 0 aromatic carbocycles. The molecule has 0 unspecified atom stereocenters. The minimum absolute atomic E-state index is 0.00125. The third kappa shape index (κ3) is 4.92. The van der Waals surface area contributed by atoms with Gasteiger partial charge in [-0.2, -0.15) is 5.10 Å². The summed E-state index contributed by atoms with van der Waals surface area (Å²) in [7, 11) is 0. The third-order valence-electron chi connectivity index (χ3n) is 6.25. The lowest BCUT2D eigenvalue weighted by Gasteiger charge is -2.33. The van der Waals surface area contributed by atoms with Gasteiger partial charge in [-0.15, -0.1) is 11.3 Å². The summed E-state index contributed by atoms with van der Waals surface area (Å²) in [6.07, 6.45) is 5.54. The number of nitrogens with one attached hydrogen (secondary N) is 1. The number of aryl methyl sites for hydroxylation is 3. The van der Waals surface area contributed by atoms with Gasteiger partial charge in [-0.3, -0.25) is 14.3 Å². The maximum atomic E-state index is 12.8. The molecule has 2 aliphatic rings. The summed E-state index contributed by atoms with van der Waals surface area (Å²) in [5.74, 6) is 0.263. The topological polar surface area (TPSA) is 83.4 Å². The first kappa shape index (κ1) is 21.8. The second kappa shape index (κ2) is 9.38. The van der Waals surface area contributed by atoms with Crippen LogP contribution in [-0.2, 0) is 35.5 Å². The van der Waals surface area contributed by atoms with Crippen molar-refractivity contribution in [3.05, 3.63) is 28.0 Å². The molecule has 1 fully saturated rings. The van der Waals surface area contributed by atoms with Gasteiger partial charge in [-0.1, -0.05) is 6.92 Å². The Hall–Kier alpha value is -2.42. The summed E-state index contributed by atoms with van der Waals surface area (Å²) in [4.78, 5) is 34.6. The number of anilines is 1. The van der Waals surface area contributed by atoms with Crippen molar-refractivity contribution >= 4 is 28.3 Å². The molecular weight excluding hydrogens is 412 g/mol. The van der Waals surface area contributed by atoms with Crippen molar-refractivity contribution in [1.29, 1.82) is 0 Å². The van der Waals surface area contributed by atoms with Gasteiger partial charge < -0.3 is 15.1 Å². The summed E-state index contributed by atoms with van der Waals surface area (Å²) in [5.41, 5.74) is 3.22. The predicted octanol–water partition coefficient (Wildman–Crippen LogP) is 2.15. The fraction of sp³-hybridized carbons (Fsp3) is 0.636. The van der Waals surface area contributed by atoms with Crippen molar-refractivity contribution < 1.29 is 9.59 Å². The highest BCUT2D eigenvalue weighted by Gasteiger charge is 2.29. The Morgan fingerprint density at radius 1 is 1.26 bits per heavy atom. The van der Waals surface area contributed by atoms with Crippen LogP contribution in [0, 0.1) is 12.8 Å². The van der Waals surface area contributed by atoms with E-state index in [9.17, 15) is 9.59 Å². The minimum Gasteiger partial charge on any atom is -0.352 e. The number of nitrogens with zero attached hydrogens (tertiary/aromatic N) is 5. The Balaban J connectivity index is 1.32. The Morgan fingerprint density at radius 2 is 2.03 bits per heavy atom. The van der Waals surface area contributed by atoms with Crippen molar-refractivity contribution in [2.75, 3.05) is 31.1 Å². The van der Waals surface area contributed by atoms with Crippen LogP contribution in [0.4, 0.5) is 5.13 Å². The largest absolute Gasteiger partial charge is 0.352 e. The molecule has 0 bridgehead atoms. The normalized spacial score (nSPS) is 18.7. The first-order valence-corrected chi connectivity index (χ1v) is 12.1. The van der Waals surface area contributed by atoms with E-state index in [2.05, 4.69) is 22.2 Å². The predicted molar refractivity (Wildman–Crippen MR) is 121 cm³/mol. The molecule has 9 heteroatoms. The molecule has 3 heterocycles. The zero-order chi connectivity index (χ0) is 22.0. The van der Waals surface area contributed by atoms with Gasteiger partial charge >= 0.3 is 0 Å². The van der Waals surface area contributed by atoms with Crippen LogP contribution in [0.1, 0.15) is 48.5 Å². The fourth-order valence-electron chi connectivity index (χ4n) is 4.34. The molecule has 1 atom stereocenters. The van der Waals surface area contributed by atoms with E-state index in [1.165, 1.54) is 4.88 Å². The number of hydrogen-bond donors (Lipinski definition) is 1. The average molecular weight is 445 g/mol. The highest BCUT2D eigenvalue weighted by Crippen LogP contribution is 2.34. The molecule has 0 spiro atoms. The van der Waals surface area contributed by atoms with E-state index in [-0.39, 0.29) is 17.7 Å². The van der Waals surface area contributed by atoms with Crippen LogP contribution >= 0.6 is 11.3 Å². The number of piperazine rings is 1. The lowest BCUT2D eigenvalue weighted by molar-refractivity contribution is -0.129. The van der Waals surface area contributed by atoms with Gasteiger partial charge in [-0.05, 0) is 32.6 Å². The first-order valence-electron chi connectivity index (χ1n) is 11.2. The maximum absolute atomic E-state index is 12.8. The molecule has 0 saturated carbocycles. The SMILES string of the molecule is CCCn1cc(CNC(=O)[C@@H]2CCc3nc(N4CCN(C(C)=O)CC4)sc3C2)c(C)n1.